The lowest BCUT2D eigenvalue weighted by Crippen LogP contribution is -2.01. The van der Waals surface area contributed by atoms with Crippen LogP contribution in [0.15, 0.2) is 0 Å². The number of fused-ring (bicyclic) bond motifs is 1. The Balaban J connectivity index is 2.08. The highest BCUT2D eigenvalue weighted by Gasteiger charge is 2.50. The summed E-state index contributed by atoms with van der Waals surface area (Å²) in [5, 5.41) is 0. The Morgan fingerprint density at radius 2 is 2.29 bits per heavy atom. The van der Waals surface area contributed by atoms with E-state index in [0.29, 0.717) is 6.10 Å². The van der Waals surface area contributed by atoms with Gasteiger partial charge in [-0.2, -0.15) is 0 Å². The molecule has 0 bridgehead atoms. The zero-order chi connectivity index (χ0) is 4.85. The number of hydrogen-bond donors (Lipinski definition) is 0. The summed E-state index contributed by atoms with van der Waals surface area (Å²) in [6.45, 7) is 0. The molecular weight excluding hydrogens is 95.1 g/mol. The highest BCUT2D eigenvalue weighted by Crippen LogP contribution is 2.39. The van der Waals surface area contributed by atoms with Crippen molar-refractivity contribution in [3.63, 3.8) is 0 Å². The molecule has 0 radical (unpaired) electrons. The van der Waals surface area contributed by atoms with Crippen LogP contribution in [0.3, 0.4) is 0 Å². The first kappa shape index (κ1) is 3.84. The van der Waals surface area contributed by atoms with Crippen LogP contribution in [0.1, 0.15) is 12.8 Å². The second-order valence-electron chi connectivity index (χ2n) is 2.23. The quantitative estimate of drug-likeness (QED) is 0.414. The molecule has 2 heteroatoms. The second-order valence-corrected chi connectivity index (χ2v) is 2.23. The zero-order valence-electron chi connectivity index (χ0n) is 3.93. The summed E-state index contributed by atoms with van der Waals surface area (Å²) in [5.41, 5.74) is 0. The molecule has 1 saturated carbocycles. The third kappa shape index (κ3) is 0.402. The molecule has 1 nitrogen and oxygen atoms in total. The van der Waals surface area contributed by atoms with Gasteiger partial charge in [-0.1, -0.05) is 0 Å². The van der Waals surface area contributed by atoms with E-state index in [1.807, 2.05) is 0 Å². The number of halogens is 1. The molecule has 0 N–H and O–H groups in total. The minimum atomic E-state index is -0.634. The van der Waals surface area contributed by atoms with Crippen LogP contribution in [0.25, 0.3) is 0 Å². The maximum Gasteiger partial charge on any atom is 0.129 e. The SMILES string of the molecule is FC1CCC2OC12. The Bertz CT molecular complexity index is 94.1. The minimum absolute atomic E-state index is 0.0139. The van der Waals surface area contributed by atoms with Crippen molar-refractivity contribution in [3.8, 4) is 0 Å². The maximum absolute atomic E-state index is 12.2. The van der Waals surface area contributed by atoms with Crippen LogP contribution in [0.5, 0.6) is 0 Å². The van der Waals surface area contributed by atoms with Crippen molar-refractivity contribution in [2.24, 2.45) is 0 Å². The molecule has 2 fully saturated rings. The first-order chi connectivity index (χ1) is 3.38. The summed E-state index contributed by atoms with van der Waals surface area (Å²) in [7, 11) is 0. The van der Waals surface area contributed by atoms with Gasteiger partial charge in [0.1, 0.15) is 12.3 Å². The largest absolute Gasteiger partial charge is 0.366 e. The van der Waals surface area contributed by atoms with Gasteiger partial charge in [-0.3, -0.25) is 0 Å². The molecule has 0 amide bonds. The lowest BCUT2D eigenvalue weighted by Gasteiger charge is -1.93. The van der Waals surface area contributed by atoms with Crippen molar-refractivity contribution in [1.29, 1.82) is 0 Å². The number of ether oxygens (including phenoxy) is 1. The average molecular weight is 102 g/mol. The Hall–Kier alpha value is -0.110. The Labute approximate surface area is 41.5 Å². The first-order valence-corrected chi connectivity index (χ1v) is 2.67. The van der Waals surface area contributed by atoms with E-state index in [4.69, 9.17) is 4.74 Å². The van der Waals surface area contributed by atoms with E-state index in [1.54, 1.807) is 0 Å². The van der Waals surface area contributed by atoms with E-state index in [2.05, 4.69) is 0 Å². The smallest absolute Gasteiger partial charge is 0.129 e. The van der Waals surface area contributed by atoms with E-state index < -0.39 is 6.17 Å². The minimum Gasteiger partial charge on any atom is -0.366 e. The molecule has 0 aromatic rings. The summed E-state index contributed by atoms with van der Waals surface area (Å²) in [6.07, 6.45) is 1.38. The average Bonchev–Trinajstić information content (AvgIpc) is 2.33. The van der Waals surface area contributed by atoms with E-state index in [1.165, 1.54) is 0 Å². The lowest BCUT2D eigenvalue weighted by atomic mass is 10.3. The summed E-state index contributed by atoms with van der Waals surface area (Å²) in [4.78, 5) is 0. The number of hydrogen-bond acceptors (Lipinski definition) is 1. The molecule has 2 aliphatic rings. The summed E-state index contributed by atoms with van der Waals surface area (Å²) in [6, 6.07) is 0. The standard InChI is InChI=1S/C5H7FO/c6-3-1-2-4-5(3)7-4/h3-5H,1-2H2. The van der Waals surface area contributed by atoms with Gasteiger partial charge in [0.15, 0.2) is 0 Å². The van der Waals surface area contributed by atoms with E-state index in [-0.39, 0.29) is 6.10 Å². The molecule has 1 aliphatic heterocycles. The molecule has 3 atom stereocenters. The fourth-order valence-electron chi connectivity index (χ4n) is 1.19. The molecular formula is C5H7FO. The van der Waals surface area contributed by atoms with Gasteiger partial charge >= 0.3 is 0 Å². The highest BCUT2D eigenvalue weighted by atomic mass is 19.1. The van der Waals surface area contributed by atoms with Gasteiger partial charge in [-0.05, 0) is 12.8 Å². The van der Waals surface area contributed by atoms with Crippen LogP contribution < -0.4 is 0 Å². The number of rotatable bonds is 0. The Morgan fingerprint density at radius 1 is 1.43 bits per heavy atom. The monoisotopic (exact) mass is 102 g/mol. The van der Waals surface area contributed by atoms with Crippen molar-refractivity contribution < 1.29 is 9.13 Å². The predicted octanol–water partition coefficient (Wildman–Crippen LogP) is 0.886. The third-order valence-corrected chi connectivity index (χ3v) is 1.71. The van der Waals surface area contributed by atoms with Gasteiger partial charge in [0.2, 0.25) is 0 Å². The topological polar surface area (TPSA) is 12.5 Å². The van der Waals surface area contributed by atoms with Gasteiger partial charge in [0, 0.05) is 0 Å². The fourth-order valence-corrected chi connectivity index (χ4v) is 1.19. The van der Waals surface area contributed by atoms with Gasteiger partial charge < -0.3 is 4.74 Å². The molecule has 1 saturated heterocycles. The number of epoxide rings is 1. The molecule has 7 heavy (non-hydrogen) atoms. The van der Waals surface area contributed by atoms with Crippen molar-refractivity contribution in [2.75, 3.05) is 0 Å². The predicted molar refractivity (Wildman–Crippen MR) is 22.8 cm³/mol. The van der Waals surface area contributed by atoms with Crippen LogP contribution in [0.2, 0.25) is 0 Å². The maximum atomic E-state index is 12.2. The van der Waals surface area contributed by atoms with Crippen LogP contribution in [-0.2, 0) is 4.74 Å². The van der Waals surface area contributed by atoms with E-state index in [0.717, 1.165) is 12.8 Å². The second kappa shape index (κ2) is 0.996. The van der Waals surface area contributed by atoms with Crippen molar-refractivity contribution in [3.05, 3.63) is 0 Å². The Kier molecular flexibility index (Phi) is 0.546. The normalized spacial score (nSPS) is 57.0. The molecule has 0 spiro atoms. The van der Waals surface area contributed by atoms with Gasteiger partial charge in [-0.25, -0.2) is 4.39 Å². The molecule has 1 heterocycles. The van der Waals surface area contributed by atoms with Gasteiger partial charge in [0.25, 0.3) is 0 Å². The lowest BCUT2D eigenvalue weighted by molar-refractivity contribution is 0.211. The summed E-state index contributed by atoms with van der Waals surface area (Å²) < 4.78 is 17.1. The third-order valence-electron chi connectivity index (χ3n) is 1.71. The van der Waals surface area contributed by atoms with Crippen LogP contribution in [-0.4, -0.2) is 18.4 Å². The fraction of sp³-hybridized carbons (Fsp3) is 1.00. The molecule has 40 valence electrons. The van der Waals surface area contributed by atoms with Crippen molar-refractivity contribution in [2.45, 2.75) is 31.2 Å². The molecule has 0 aromatic carbocycles. The molecule has 1 aliphatic carbocycles. The number of alkyl halides is 1. The van der Waals surface area contributed by atoms with Crippen LogP contribution >= 0.6 is 0 Å². The molecule has 0 aromatic heterocycles. The van der Waals surface area contributed by atoms with Crippen molar-refractivity contribution in [1.82, 2.24) is 0 Å². The summed E-state index contributed by atoms with van der Waals surface area (Å²) in [5.74, 6) is 0. The highest BCUT2D eigenvalue weighted by molar-refractivity contribution is 4.97. The van der Waals surface area contributed by atoms with Crippen molar-refractivity contribution >= 4 is 0 Å². The summed E-state index contributed by atoms with van der Waals surface area (Å²) >= 11 is 0. The zero-order valence-corrected chi connectivity index (χ0v) is 3.93. The van der Waals surface area contributed by atoms with E-state index in [9.17, 15) is 4.39 Å². The molecule has 3 unspecified atom stereocenters. The Morgan fingerprint density at radius 3 is 2.43 bits per heavy atom. The van der Waals surface area contributed by atoms with Gasteiger partial charge in [0.05, 0.1) is 6.10 Å². The van der Waals surface area contributed by atoms with E-state index >= 15 is 0 Å². The molecule has 2 rings (SSSR count). The van der Waals surface area contributed by atoms with Crippen LogP contribution in [0, 0.1) is 0 Å². The van der Waals surface area contributed by atoms with Crippen LogP contribution in [0.4, 0.5) is 4.39 Å². The van der Waals surface area contributed by atoms with Gasteiger partial charge in [-0.15, -0.1) is 0 Å². The first-order valence-electron chi connectivity index (χ1n) is 2.67.